The molecule has 0 fully saturated rings. The standard InChI is InChI=1S/C21H19F2N5O/c1-28-12-15(10-27-28)25-11-17(14-7-8-20(29-2)19(23)9-14)21(26-13-24)16-5-3-4-6-18(16)22/h3-13H,1-2H3,(H2,24,26)/b21-17+,25-11-. The van der Waals surface area contributed by atoms with Crippen LogP contribution >= 0.6 is 0 Å². The van der Waals surface area contributed by atoms with E-state index in [1.807, 2.05) is 0 Å². The molecule has 1 heterocycles. The number of aromatic nitrogens is 2. The van der Waals surface area contributed by atoms with Crippen LogP contribution in [0.4, 0.5) is 14.5 Å². The lowest BCUT2D eigenvalue weighted by Crippen LogP contribution is -1.99. The molecule has 0 amide bonds. The second-order valence-electron chi connectivity index (χ2n) is 6.00. The van der Waals surface area contributed by atoms with Crippen molar-refractivity contribution in [3.8, 4) is 5.75 Å². The van der Waals surface area contributed by atoms with Gasteiger partial charge in [0.2, 0.25) is 0 Å². The van der Waals surface area contributed by atoms with Crippen LogP contribution in [0.3, 0.4) is 0 Å². The molecule has 0 aliphatic rings. The van der Waals surface area contributed by atoms with Gasteiger partial charge in [0.05, 0.1) is 31.5 Å². The fourth-order valence-corrected chi connectivity index (χ4v) is 2.73. The fourth-order valence-electron chi connectivity index (χ4n) is 2.73. The molecule has 0 aliphatic heterocycles. The summed E-state index contributed by atoms with van der Waals surface area (Å²) in [5, 5.41) is 4.06. The minimum Gasteiger partial charge on any atom is -0.494 e. The molecular weight excluding hydrogens is 376 g/mol. The van der Waals surface area contributed by atoms with Crippen molar-refractivity contribution < 1.29 is 13.5 Å². The molecule has 2 N–H and O–H groups in total. The highest BCUT2D eigenvalue weighted by atomic mass is 19.1. The zero-order valence-corrected chi connectivity index (χ0v) is 15.9. The van der Waals surface area contributed by atoms with Gasteiger partial charge in [0.15, 0.2) is 11.6 Å². The van der Waals surface area contributed by atoms with E-state index in [0.717, 1.165) is 6.34 Å². The van der Waals surface area contributed by atoms with Crippen molar-refractivity contribution >= 4 is 29.5 Å². The maximum Gasteiger partial charge on any atom is 0.165 e. The first-order chi connectivity index (χ1) is 14.0. The Bertz CT molecular complexity index is 1100. The van der Waals surface area contributed by atoms with Gasteiger partial charge >= 0.3 is 0 Å². The molecule has 3 rings (SSSR count). The molecule has 0 aliphatic carbocycles. The normalized spacial score (nSPS) is 12.6. The second-order valence-corrected chi connectivity index (χ2v) is 6.00. The van der Waals surface area contributed by atoms with E-state index >= 15 is 0 Å². The maximum atomic E-state index is 14.5. The lowest BCUT2D eigenvalue weighted by Gasteiger charge is -2.11. The Labute approximate surface area is 166 Å². The Morgan fingerprint density at radius 1 is 1.17 bits per heavy atom. The molecule has 0 radical (unpaired) electrons. The molecule has 8 heteroatoms. The Balaban J connectivity index is 2.24. The molecule has 1 aromatic heterocycles. The fraction of sp³-hybridized carbons (Fsp3) is 0.0952. The summed E-state index contributed by atoms with van der Waals surface area (Å²) in [4.78, 5) is 8.53. The summed E-state index contributed by atoms with van der Waals surface area (Å²) in [5.74, 6) is -0.969. The zero-order chi connectivity index (χ0) is 20.8. The van der Waals surface area contributed by atoms with Gasteiger partial charge in [-0.05, 0) is 29.8 Å². The van der Waals surface area contributed by atoms with Crippen molar-refractivity contribution in [2.24, 2.45) is 22.8 Å². The number of hydrogen-bond donors (Lipinski definition) is 1. The minimum absolute atomic E-state index is 0.0899. The largest absolute Gasteiger partial charge is 0.494 e. The summed E-state index contributed by atoms with van der Waals surface area (Å²) in [7, 11) is 3.14. The SMILES string of the molecule is COc1ccc(C(/C=N\c2cnn(C)c2)=C(/N=C/N)c2ccccc2F)cc1F. The molecule has 29 heavy (non-hydrogen) atoms. The number of aliphatic imine (C=N–C) groups is 2. The number of hydrogen-bond acceptors (Lipinski definition) is 4. The summed E-state index contributed by atoms with van der Waals surface area (Å²) < 4.78 is 35.4. The molecule has 0 saturated carbocycles. The summed E-state index contributed by atoms with van der Waals surface area (Å²) in [6.07, 6.45) is 5.81. The van der Waals surface area contributed by atoms with Gasteiger partial charge in [0.25, 0.3) is 0 Å². The smallest absolute Gasteiger partial charge is 0.165 e. The molecule has 0 bridgehead atoms. The van der Waals surface area contributed by atoms with Crippen LogP contribution in [0.15, 0.2) is 64.8 Å². The van der Waals surface area contributed by atoms with E-state index in [9.17, 15) is 8.78 Å². The number of rotatable bonds is 6. The molecular formula is C21H19F2N5O. The van der Waals surface area contributed by atoms with Crippen LogP contribution in [0.5, 0.6) is 5.75 Å². The summed E-state index contributed by atoms with van der Waals surface area (Å²) in [5.41, 5.74) is 7.32. The van der Waals surface area contributed by atoms with Crippen LogP contribution in [-0.4, -0.2) is 29.4 Å². The number of benzene rings is 2. The van der Waals surface area contributed by atoms with Crippen LogP contribution in [-0.2, 0) is 7.05 Å². The van der Waals surface area contributed by atoms with Gasteiger partial charge in [-0.25, -0.2) is 13.8 Å². The Morgan fingerprint density at radius 2 is 1.97 bits per heavy atom. The summed E-state index contributed by atoms with van der Waals surface area (Å²) in [6, 6.07) is 10.5. The molecule has 0 spiro atoms. The van der Waals surface area contributed by atoms with Gasteiger partial charge < -0.3 is 10.5 Å². The van der Waals surface area contributed by atoms with Gasteiger partial charge in [-0.1, -0.05) is 18.2 Å². The lowest BCUT2D eigenvalue weighted by atomic mass is 9.99. The van der Waals surface area contributed by atoms with Gasteiger partial charge in [0, 0.05) is 24.4 Å². The van der Waals surface area contributed by atoms with Crippen molar-refractivity contribution in [3.63, 3.8) is 0 Å². The number of nitrogens with zero attached hydrogens (tertiary/aromatic N) is 4. The van der Waals surface area contributed by atoms with E-state index < -0.39 is 11.6 Å². The van der Waals surface area contributed by atoms with Gasteiger partial charge in [-0.15, -0.1) is 0 Å². The van der Waals surface area contributed by atoms with Crippen molar-refractivity contribution in [2.45, 2.75) is 0 Å². The van der Waals surface area contributed by atoms with Crippen molar-refractivity contribution in [1.82, 2.24) is 9.78 Å². The molecule has 0 unspecified atom stereocenters. The monoisotopic (exact) mass is 395 g/mol. The Morgan fingerprint density at radius 3 is 2.59 bits per heavy atom. The van der Waals surface area contributed by atoms with E-state index in [1.165, 1.54) is 31.5 Å². The number of ether oxygens (including phenoxy) is 1. The third-order valence-corrected chi connectivity index (χ3v) is 4.08. The average Bonchev–Trinajstić information content (AvgIpc) is 3.13. The first kappa shape index (κ1) is 19.9. The number of nitrogens with two attached hydrogens (primary N) is 1. The third kappa shape index (κ3) is 4.55. The van der Waals surface area contributed by atoms with E-state index in [2.05, 4.69) is 15.1 Å². The van der Waals surface area contributed by atoms with E-state index in [1.54, 1.807) is 48.4 Å². The zero-order valence-electron chi connectivity index (χ0n) is 15.9. The first-order valence-electron chi connectivity index (χ1n) is 8.63. The first-order valence-corrected chi connectivity index (χ1v) is 8.63. The third-order valence-electron chi connectivity index (χ3n) is 4.08. The number of methoxy groups -OCH3 is 1. The predicted octanol–water partition coefficient (Wildman–Crippen LogP) is 3.96. The molecule has 2 aromatic carbocycles. The minimum atomic E-state index is -0.568. The lowest BCUT2D eigenvalue weighted by molar-refractivity contribution is 0.386. The van der Waals surface area contributed by atoms with Crippen molar-refractivity contribution in [1.29, 1.82) is 0 Å². The molecule has 0 atom stereocenters. The van der Waals surface area contributed by atoms with E-state index in [-0.39, 0.29) is 17.0 Å². The van der Waals surface area contributed by atoms with Crippen LogP contribution in [0, 0.1) is 11.6 Å². The van der Waals surface area contributed by atoms with Gasteiger partial charge in [0.1, 0.15) is 11.5 Å². The quantitative estimate of drug-likeness (QED) is 0.390. The predicted molar refractivity (Wildman–Crippen MR) is 110 cm³/mol. The molecule has 6 nitrogen and oxygen atoms in total. The molecule has 3 aromatic rings. The Hall–Kier alpha value is -3.81. The highest BCUT2D eigenvalue weighted by Crippen LogP contribution is 2.30. The number of halogens is 2. The van der Waals surface area contributed by atoms with Crippen molar-refractivity contribution in [2.75, 3.05) is 7.11 Å². The average molecular weight is 395 g/mol. The van der Waals surface area contributed by atoms with Crippen molar-refractivity contribution in [3.05, 3.63) is 77.6 Å². The molecule has 0 saturated heterocycles. The highest BCUT2D eigenvalue weighted by Gasteiger charge is 2.15. The second kappa shape index (κ2) is 8.92. The molecule has 148 valence electrons. The van der Waals surface area contributed by atoms with Crippen LogP contribution < -0.4 is 10.5 Å². The Kier molecular flexibility index (Phi) is 6.13. The van der Waals surface area contributed by atoms with Gasteiger partial charge in [-0.3, -0.25) is 9.67 Å². The summed E-state index contributed by atoms with van der Waals surface area (Å²) in [6.45, 7) is 0. The van der Waals surface area contributed by atoms with E-state index in [4.69, 9.17) is 10.5 Å². The number of aryl methyl sites for hydroxylation is 1. The topological polar surface area (TPSA) is 77.8 Å². The maximum absolute atomic E-state index is 14.5. The highest BCUT2D eigenvalue weighted by molar-refractivity contribution is 6.20. The van der Waals surface area contributed by atoms with E-state index in [0.29, 0.717) is 16.8 Å². The number of allylic oxidation sites excluding steroid dienone is 1. The van der Waals surface area contributed by atoms with Crippen LogP contribution in [0.1, 0.15) is 11.1 Å². The van der Waals surface area contributed by atoms with Gasteiger partial charge in [-0.2, -0.15) is 5.10 Å². The van der Waals surface area contributed by atoms with Crippen LogP contribution in [0.2, 0.25) is 0 Å². The summed E-state index contributed by atoms with van der Waals surface area (Å²) >= 11 is 0. The van der Waals surface area contributed by atoms with Crippen LogP contribution in [0.25, 0.3) is 11.3 Å².